The highest BCUT2D eigenvalue weighted by Crippen LogP contribution is 2.39. The molecule has 154 valence electrons. The number of nitrogens with zero attached hydrogens (tertiary/aromatic N) is 4. The first-order valence-corrected chi connectivity index (χ1v) is 10.8. The second kappa shape index (κ2) is 7.78. The molecule has 1 aliphatic carbocycles. The van der Waals surface area contributed by atoms with Gasteiger partial charge in [-0.25, -0.2) is 4.79 Å². The molecular formula is C22H28N4O3. The molecule has 2 aliphatic heterocycles. The monoisotopic (exact) mass is 396 g/mol. The van der Waals surface area contributed by atoms with Gasteiger partial charge in [0, 0.05) is 13.0 Å². The molecule has 1 aromatic heterocycles. The summed E-state index contributed by atoms with van der Waals surface area (Å²) in [5.74, 6) is 2.93. The molecule has 3 fully saturated rings. The number of hydrogen-bond acceptors (Lipinski definition) is 5. The first-order chi connectivity index (χ1) is 14.2. The average Bonchev–Trinajstić information content (AvgIpc) is 3.28. The van der Waals surface area contributed by atoms with Gasteiger partial charge in [0.1, 0.15) is 12.6 Å². The Labute approximate surface area is 171 Å². The molecule has 2 bridgehead atoms. The fraction of sp³-hybridized carbons (Fsp3) is 0.591. The van der Waals surface area contributed by atoms with Crippen LogP contribution in [-0.4, -0.2) is 38.8 Å². The number of hydrogen-bond donors (Lipinski definition) is 0. The van der Waals surface area contributed by atoms with Crippen molar-refractivity contribution in [3.05, 3.63) is 47.7 Å². The summed E-state index contributed by atoms with van der Waals surface area (Å²) in [6, 6.07) is 9.76. The van der Waals surface area contributed by atoms with E-state index in [1.807, 2.05) is 35.2 Å². The number of piperidine rings is 1. The normalized spacial score (nSPS) is 28.7. The smallest absolute Gasteiger partial charge is 0.345 e. The molecule has 0 spiro atoms. The Morgan fingerprint density at radius 1 is 1.17 bits per heavy atom. The summed E-state index contributed by atoms with van der Waals surface area (Å²) in [6.45, 7) is 3.35. The number of aromatic nitrogens is 2. The summed E-state index contributed by atoms with van der Waals surface area (Å²) in [5.41, 5.74) is 1.05. The molecule has 5 rings (SSSR count). The van der Waals surface area contributed by atoms with Gasteiger partial charge in [0.15, 0.2) is 0 Å². The third-order valence-corrected chi connectivity index (χ3v) is 6.54. The molecule has 0 radical (unpaired) electrons. The Morgan fingerprint density at radius 2 is 2.00 bits per heavy atom. The van der Waals surface area contributed by atoms with Gasteiger partial charge in [0.2, 0.25) is 11.8 Å². The lowest BCUT2D eigenvalue weighted by Crippen LogP contribution is -2.34. The van der Waals surface area contributed by atoms with Gasteiger partial charge in [-0.05, 0) is 49.5 Å². The van der Waals surface area contributed by atoms with Crippen LogP contribution in [0.15, 0.2) is 34.7 Å². The Bertz CT molecular complexity index is 849. The fourth-order valence-electron chi connectivity index (χ4n) is 4.91. The van der Waals surface area contributed by atoms with Crippen molar-refractivity contribution in [3.63, 3.8) is 0 Å². The predicted molar refractivity (Wildman–Crippen MR) is 105 cm³/mol. The average molecular weight is 396 g/mol. The van der Waals surface area contributed by atoms with Gasteiger partial charge in [0.05, 0.1) is 6.04 Å². The van der Waals surface area contributed by atoms with Crippen molar-refractivity contribution in [1.29, 1.82) is 0 Å². The molecule has 3 heterocycles. The molecule has 2 aromatic rings. The van der Waals surface area contributed by atoms with Crippen LogP contribution in [0.2, 0.25) is 0 Å². The van der Waals surface area contributed by atoms with E-state index in [-0.39, 0.29) is 18.1 Å². The highest BCUT2D eigenvalue weighted by molar-refractivity contribution is 5.77. The minimum atomic E-state index is -0.144. The van der Waals surface area contributed by atoms with E-state index in [0.717, 1.165) is 43.1 Å². The number of rotatable bonds is 7. The van der Waals surface area contributed by atoms with Gasteiger partial charge in [-0.3, -0.25) is 4.84 Å². The summed E-state index contributed by atoms with van der Waals surface area (Å²) in [4.78, 5) is 20.6. The molecule has 1 saturated carbocycles. The zero-order chi connectivity index (χ0) is 19.8. The molecule has 1 aromatic carbocycles. The Morgan fingerprint density at radius 3 is 2.79 bits per heavy atom. The van der Waals surface area contributed by atoms with Gasteiger partial charge in [-0.1, -0.05) is 37.3 Å². The second-order valence-electron chi connectivity index (χ2n) is 8.78. The summed E-state index contributed by atoms with van der Waals surface area (Å²) < 4.78 is 5.96. The van der Waals surface area contributed by atoms with Crippen LogP contribution >= 0.6 is 0 Å². The number of amides is 2. The van der Waals surface area contributed by atoms with Crippen LogP contribution < -0.4 is 0 Å². The van der Waals surface area contributed by atoms with Crippen molar-refractivity contribution in [2.45, 2.75) is 64.1 Å². The number of fused-ring (bicyclic) bond motifs is 2. The maximum atomic E-state index is 12.9. The Hall–Kier alpha value is -2.41. The van der Waals surface area contributed by atoms with Gasteiger partial charge >= 0.3 is 6.03 Å². The molecule has 3 aliphatic rings. The van der Waals surface area contributed by atoms with Crippen molar-refractivity contribution in [1.82, 2.24) is 20.2 Å². The van der Waals surface area contributed by atoms with Crippen molar-refractivity contribution in [3.8, 4) is 0 Å². The summed E-state index contributed by atoms with van der Waals surface area (Å²) in [7, 11) is 0. The molecule has 0 unspecified atom stereocenters. The standard InChI is InChI=1S/C22H28N4O3/c1-15-11-17(12-15)7-10-20-23-24-21(29-20)19-9-8-18-13-25(19)22(27)26(18)28-14-16-5-3-2-4-6-16/h2-6,15,17-19H,7-14H2,1H3/t15?,17?,18-,19+/m1/s1. The SMILES string of the molecule is CC1CC(CCc2nnc([C@@H]3CC[C@@H]4CN3C(=O)N4OCc3ccccc3)o2)C1. The Kier molecular flexibility index (Phi) is 4.99. The molecule has 2 atom stereocenters. The lowest BCUT2D eigenvalue weighted by atomic mass is 9.74. The number of aryl methyl sites for hydroxylation is 1. The number of hydroxylamine groups is 2. The largest absolute Gasteiger partial charge is 0.423 e. The third-order valence-electron chi connectivity index (χ3n) is 6.54. The predicted octanol–water partition coefficient (Wildman–Crippen LogP) is 4.12. The lowest BCUT2D eigenvalue weighted by Gasteiger charge is -2.32. The van der Waals surface area contributed by atoms with E-state index in [1.54, 1.807) is 5.06 Å². The van der Waals surface area contributed by atoms with Crippen molar-refractivity contribution < 1.29 is 14.0 Å². The molecule has 7 heteroatoms. The molecule has 7 nitrogen and oxygen atoms in total. The topological polar surface area (TPSA) is 71.7 Å². The number of urea groups is 1. The quantitative estimate of drug-likeness (QED) is 0.704. The van der Waals surface area contributed by atoms with E-state index >= 15 is 0 Å². The van der Waals surface area contributed by atoms with Crippen molar-refractivity contribution >= 4 is 6.03 Å². The van der Waals surface area contributed by atoms with E-state index in [1.165, 1.54) is 12.8 Å². The van der Waals surface area contributed by atoms with Gasteiger partial charge in [-0.2, -0.15) is 5.06 Å². The zero-order valence-corrected chi connectivity index (χ0v) is 16.9. The van der Waals surface area contributed by atoms with Crippen molar-refractivity contribution in [2.75, 3.05) is 6.54 Å². The Balaban J connectivity index is 1.19. The minimum absolute atomic E-state index is 0.0884. The van der Waals surface area contributed by atoms with Gasteiger partial charge in [0.25, 0.3) is 0 Å². The maximum absolute atomic E-state index is 12.9. The number of benzene rings is 1. The highest BCUT2D eigenvalue weighted by atomic mass is 16.7. The highest BCUT2D eigenvalue weighted by Gasteiger charge is 2.47. The molecular weight excluding hydrogens is 368 g/mol. The minimum Gasteiger partial charge on any atom is -0.423 e. The van der Waals surface area contributed by atoms with Crippen LogP contribution in [0.5, 0.6) is 0 Å². The van der Waals surface area contributed by atoms with E-state index < -0.39 is 0 Å². The summed E-state index contributed by atoms with van der Waals surface area (Å²) in [5, 5.41) is 10.1. The van der Waals surface area contributed by atoms with Crippen LogP contribution in [0, 0.1) is 11.8 Å². The fourth-order valence-corrected chi connectivity index (χ4v) is 4.91. The van der Waals surface area contributed by atoms with E-state index in [0.29, 0.717) is 24.9 Å². The van der Waals surface area contributed by atoms with E-state index in [9.17, 15) is 4.79 Å². The first-order valence-electron chi connectivity index (χ1n) is 10.8. The second-order valence-corrected chi connectivity index (χ2v) is 8.78. The molecule has 2 saturated heterocycles. The zero-order valence-electron chi connectivity index (χ0n) is 16.9. The molecule has 0 N–H and O–H groups in total. The maximum Gasteiger partial charge on any atom is 0.345 e. The molecule has 2 amide bonds. The van der Waals surface area contributed by atoms with Crippen LogP contribution in [0.3, 0.4) is 0 Å². The van der Waals surface area contributed by atoms with Crippen LogP contribution in [0.4, 0.5) is 4.79 Å². The van der Waals surface area contributed by atoms with Crippen molar-refractivity contribution in [2.24, 2.45) is 11.8 Å². The number of carbonyl (C=O) groups excluding carboxylic acids is 1. The van der Waals surface area contributed by atoms with Crippen LogP contribution in [0.25, 0.3) is 0 Å². The number of carbonyl (C=O) groups is 1. The molecule has 29 heavy (non-hydrogen) atoms. The van der Waals surface area contributed by atoms with Gasteiger partial charge < -0.3 is 9.32 Å². The van der Waals surface area contributed by atoms with Crippen LogP contribution in [0.1, 0.15) is 62.4 Å². The lowest BCUT2D eigenvalue weighted by molar-refractivity contribution is -0.140. The van der Waals surface area contributed by atoms with E-state index in [2.05, 4.69) is 17.1 Å². The van der Waals surface area contributed by atoms with E-state index in [4.69, 9.17) is 9.25 Å². The summed E-state index contributed by atoms with van der Waals surface area (Å²) >= 11 is 0. The first kappa shape index (κ1) is 18.6. The van der Waals surface area contributed by atoms with Gasteiger partial charge in [-0.15, -0.1) is 10.2 Å². The summed E-state index contributed by atoms with van der Waals surface area (Å²) in [6.07, 6.45) is 6.27. The third kappa shape index (κ3) is 3.75. The van der Waals surface area contributed by atoms with Crippen LogP contribution in [-0.2, 0) is 17.9 Å².